The number of carbonyl (C=O) groups excluding carboxylic acids is 5. The fraction of sp³-hybridized carbons (Fsp3) is 0.500. The first-order valence-corrected chi connectivity index (χ1v) is 13.3. The largest absolute Gasteiger partial charge is 0.508 e. The number of hydrogen-bond acceptors (Lipinski definition) is 10. The zero-order chi connectivity index (χ0) is 30.0. The Morgan fingerprint density at radius 1 is 0.975 bits per heavy atom. The first-order chi connectivity index (χ1) is 18.9. The Kier molecular flexibility index (Phi) is 12.2. The van der Waals surface area contributed by atoms with Gasteiger partial charge in [0, 0.05) is 5.75 Å². The molecule has 1 aliphatic rings. The molecule has 220 valence electrons. The zero-order valence-corrected chi connectivity index (χ0v) is 22.7. The van der Waals surface area contributed by atoms with Crippen LogP contribution < -0.4 is 32.3 Å². The summed E-state index contributed by atoms with van der Waals surface area (Å²) in [5.41, 5.74) is 5.84. The number of aliphatic hydroxyl groups excluding tert-OH is 1. The molecule has 6 atom stereocenters. The Hall–Kier alpha value is -3.89. The third-order valence-electron chi connectivity index (χ3n) is 6.04. The first kappa shape index (κ1) is 32.3. The van der Waals surface area contributed by atoms with Crippen LogP contribution in [-0.4, -0.2) is 106 Å². The van der Waals surface area contributed by atoms with Crippen molar-refractivity contribution in [2.24, 2.45) is 5.73 Å². The maximum absolute atomic E-state index is 13.3. The molecule has 10 N–H and O–H groups in total. The maximum Gasteiger partial charge on any atom is 0.318 e. The van der Waals surface area contributed by atoms with E-state index in [1.165, 1.54) is 38.2 Å². The number of aliphatic carboxylic acids is 1. The third kappa shape index (κ3) is 9.39. The van der Waals surface area contributed by atoms with Gasteiger partial charge in [0.15, 0.2) is 0 Å². The van der Waals surface area contributed by atoms with Crippen LogP contribution in [0.5, 0.6) is 5.75 Å². The van der Waals surface area contributed by atoms with Crippen molar-refractivity contribution in [3.63, 3.8) is 0 Å². The Labute approximate surface area is 234 Å². The highest BCUT2D eigenvalue weighted by atomic mass is 32.2. The van der Waals surface area contributed by atoms with Crippen molar-refractivity contribution in [1.82, 2.24) is 26.6 Å². The molecule has 0 bridgehead atoms. The van der Waals surface area contributed by atoms with Gasteiger partial charge in [-0.1, -0.05) is 12.1 Å². The summed E-state index contributed by atoms with van der Waals surface area (Å²) in [7, 11) is 1.45. The molecule has 1 saturated heterocycles. The highest BCUT2D eigenvalue weighted by Crippen LogP contribution is 2.22. The average Bonchev–Trinajstić information content (AvgIpc) is 2.88. The number of primary amides is 1. The average molecular weight is 583 g/mol. The smallest absolute Gasteiger partial charge is 0.318 e. The maximum atomic E-state index is 13.3. The molecule has 1 aromatic rings. The predicted octanol–water partition coefficient (Wildman–Crippen LogP) is -3.45. The van der Waals surface area contributed by atoms with Gasteiger partial charge in [0.05, 0.1) is 25.1 Å². The van der Waals surface area contributed by atoms with Gasteiger partial charge < -0.3 is 47.6 Å². The minimum absolute atomic E-state index is 0.0237. The van der Waals surface area contributed by atoms with Gasteiger partial charge in [0.25, 0.3) is 0 Å². The van der Waals surface area contributed by atoms with Gasteiger partial charge in [-0.2, -0.15) is 0 Å². The second-order valence-electron chi connectivity index (χ2n) is 9.12. The van der Waals surface area contributed by atoms with Crippen LogP contribution in [0.15, 0.2) is 24.3 Å². The van der Waals surface area contributed by atoms with E-state index < -0.39 is 84.0 Å². The molecular formula is C24H34N6O9S. The summed E-state index contributed by atoms with van der Waals surface area (Å²) < 4.78 is 0. The molecule has 1 fully saturated rings. The summed E-state index contributed by atoms with van der Waals surface area (Å²) in [6, 6.07) is -0.453. The molecule has 1 aliphatic heterocycles. The van der Waals surface area contributed by atoms with E-state index in [2.05, 4.69) is 26.6 Å². The van der Waals surface area contributed by atoms with E-state index in [1.54, 1.807) is 0 Å². The van der Waals surface area contributed by atoms with Gasteiger partial charge in [-0.3, -0.25) is 28.8 Å². The van der Waals surface area contributed by atoms with Crippen LogP contribution in [0.4, 0.5) is 0 Å². The Morgan fingerprint density at radius 3 is 2.12 bits per heavy atom. The fourth-order valence-electron chi connectivity index (χ4n) is 3.81. The van der Waals surface area contributed by atoms with E-state index >= 15 is 0 Å². The number of amides is 5. The van der Waals surface area contributed by atoms with E-state index in [1.807, 2.05) is 0 Å². The Bertz CT molecular complexity index is 1100. The van der Waals surface area contributed by atoms with Crippen LogP contribution in [0.1, 0.15) is 18.9 Å². The van der Waals surface area contributed by atoms with Crippen molar-refractivity contribution in [1.29, 1.82) is 0 Å². The SMILES string of the molecule is CNC1CSC(C(=O)O)[C@@H](Cc2ccc(O)cc2)NC(=O)C(CC(N)=O)NC(=O)C(C)NC(=O)C(CO)NC1=O. The normalized spacial score (nSPS) is 27.1. The molecule has 16 heteroatoms. The quantitative estimate of drug-likeness (QED) is 0.153. The van der Waals surface area contributed by atoms with Crippen molar-refractivity contribution < 1.29 is 44.1 Å². The number of thioether (sulfide) groups is 1. The third-order valence-corrected chi connectivity index (χ3v) is 7.46. The Balaban J connectivity index is 2.51. The van der Waals surface area contributed by atoms with E-state index in [0.29, 0.717) is 5.56 Å². The standard InChI is InChI=1S/C24H34N6O9S/c1-11-20(34)29-15(8-18(25)33)21(35)28-14(7-12-3-5-13(32)6-4-12)19(24(38)39)40-10-17(26-2)23(37)30-16(9-31)22(36)27-11/h3-6,11,14-17,19,26,31-32H,7-10H2,1-2H3,(H2,25,33)(H,27,36)(H,28,35)(H,29,34)(H,30,37)(H,38,39)/t11?,14-,15?,16?,17?,19?/m1/s1. The van der Waals surface area contributed by atoms with Gasteiger partial charge in [0.2, 0.25) is 29.5 Å². The zero-order valence-electron chi connectivity index (χ0n) is 21.9. The number of carboxylic acid groups (broad SMARTS) is 1. The summed E-state index contributed by atoms with van der Waals surface area (Å²) in [5.74, 6) is -5.75. The second-order valence-corrected chi connectivity index (χ2v) is 10.3. The van der Waals surface area contributed by atoms with E-state index in [0.717, 1.165) is 11.8 Å². The minimum Gasteiger partial charge on any atom is -0.508 e. The van der Waals surface area contributed by atoms with Gasteiger partial charge in [0.1, 0.15) is 29.1 Å². The number of benzene rings is 1. The summed E-state index contributed by atoms with van der Waals surface area (Å²) in [6.45, 7) is 0.488. The van der Waals surface area contributed by atoms with Crippen molar-refractivity contribution in [2.45, 2.75) is 55.2 Å². The van der Waals surface area contributed by atoms with Crippen molar-refractivity contribution in [3.05, 3.63) is 29.8 Å². The number of rotatable bonds is 7. The molecule has 0 saturated carbocycles. The summed E-state index contributed by atoms with van der Waals surface area (Å²) in [5, 5.41) is 40.4. The van der Waals surface area contributed by atoms with Gasteiger partial charge in [-0.25, -0.2) is 0 Å². The summed E-state index contributed by atoms with van der Waals surface area (Å²) in [6.07, 6.45) is -0.644. The first-order valence-electron chi connectivity index (χ1n) is 12.3. The molecule has 0 aliphatic carbocycles. The van der Waals surface area contributed by atoms with Crippen LogP contribution in [0.3, 0.4) is 0 Å². The number of likely N-dealkylation sites (N-methyl/N-ethyl adjacent to an activating group) is 1. The molecule has 5 unspecified atom stereocenters. The second kappa shape index (κ2) is 15.0. The van der Waals surface area contributed by atoms with Crippen LogP contribution in [-0.2, 0) is 35.2 Å². The van der Waals surface area contributed by atoms with Crippen LogP contribution in [0.2, 0.25) is 0 Å². The molecular weight excluding hydrogens is 548 g/mol. The van der Waals surface area contributed by atoms with Crippen LogP contribution >= 0.6 is 11.8 Å². The van der Waals surface area contributed by atoms with E-state index in [-0.39, 0.29) is 17.9 Å². The summed E-state index contributed by atoms with van der Waals surface area (Å²) in [4.78, 5) is 75.6. The number of aliphatic hydroxyl groups is 1. The lowest BCUT2D eigenvalue weighted by Crippen LogP contribution is -2.60. The lowest BCUT2D eigenvalue weighted by atomic mass is 10.0. The molecule has 1 aromatic carbocycles. The lowest BCUT2D eigenvalue weighted by Gasteiger charge is -2.29. The van der Waals surface area contributed by atoms with E-state index in [4.69, 9.17) is 5.73 Å². The molecule has 0 aromatic heterocycles. The van der Waals surface area contributed by atoms with Crippen LogP contribution in [0, 0.1) is 0 Å². The number of hydrogen-bond donors (Lipinski definition) is 9. The van der Waals surface area contributed by atoms with Crippen LogP contribution in [0.25, 0.3) is 0 Å². The topological polar surface area (TPSA) is 249 Å². The number of nitrogens with two attached hydrogens (primary N) is 1. The number of carboxylic acids is 1. The van der Waals surface area contributed by atoms with Gasteiger partial charge in [-0.15, -0.1) is 11.8 Å². The minimum atomic E-state index is -1.50. The molecule has 0 radical (unpaired) electrons. The molecule has 2 rings (SSSR count). The predicted molar refractivity (Wildman–Crippen MR) is 143 cm³/mol. The lowest BCUT2D eigenvalue weighted by molar-refractivity contribution is -0.138. The fourth-order valence-corrected chi connectivity index (χ4v) is 5.06. The monoisotopic (exact) mass is 582 g/mol. The Morgan fingerprint density at radius 2 is 1.57 bits per heavy atom. The number of aromatic hydroxyl groups is 1. The van der Waals surface area contributed by atoms with Gasteiger partial charge in [-0.05, 0) is 38.1 Å². The number of nitrogens with one attached hydrogen (secondary N) is 5. The molecule has 0 spiro atoms. The molecule has 15 nitrogen and oxygen atoms in total. The van der Waals surface area contributed by atoms with E-state index in [9.17, 15) is 44.1 Å². The number of carbonyl (C=O) groups is 6. The van der Waals surface area contributed by atoms with Crippen molar-refractivity contribution in [2.75, 3.05) is 19.4 Å². The van der Waals surface area contributed by atoms with Crippen molar-refractivity contribution >= 4 is 47.3 Å². The van der Waals surface area contributed by atoms with Crippen molar-refractivity contribution in [3.8, 4) is 5.75 Å². The highest BCUT2D eigenvalue weighted by molar-refractivity contribution is 8.00. The van der Waals surface area contributed by atoms with Gasteiger partial charge >= 0.3 is 5.97 Å². The summed E-state index contributed by atoms with van der Waals surface area (Å²) >= 11 is 0.831. The highest BCUT2D eigenvalue weighted by Gasteiger charge is 2.36. The number of phenolic OH excluding ortho intramolecular Hbond substituents is 1. The number of phenols is 1. The molecule has 5 amide bonds. The molecule has 40 heavy (non-hydrogen) atoms. The molecule has 1 heterocycles.